The highest BCUT2D eigenvalue weighted by atomic mass is 16.5. The van der Waals surface area contributed by atoms with E-state index in [0.717, 1.165) is 16.7 Å². The van der Waals surface area contributed by atoms with E-state index in [4.69, 9.17) is 0 Å². The van der Waals surface area contributed by atoms with Gasteiger partial charge in [-0.2, -0.15) is 0 Å². The molecule has 0 bridgehead atoms. The summed E-state index contributed by atoms with van der Waals surface area (Å²) in [5.41, 5.74) is 2.78. The van der Waals surface area contributed by atoms with Crippen LogP contribution in [0, 0.1) is 13.8 Å². The number of phenolic OH excluding ortho intramolecular Hbond substituents is 1. The minimum Gasteiger partial charge on any atom is -0.508 e. The normalized spacial score (nSPS) is 10.6. The zero-order chi connectivity index (χ0) is 11.4. The summed E-state index contributed by atoms with van der Waals surface area (Å²) < 4.78 is 4.50. The van der Waals surface area contributed by atoms with E-state index in [-0.39, 0.29) is 11.7 Å². The summed E-state index contributed by atoms with van der Waals surface area (Å²) in [6.07, 6.45) is 3.06. The summed E-state index contributed by atoms with van der Waals surface area (Å²) in [7, 11) is 1.34. The van der Waals surface area contributed by atoms with Crippen molar-refractivity contribution >= 4 is 12.0 Å². The minimum atomic E-state index is -0.387. The maximum absolute atomic E-state index is 10.9. The van der Waals surface area contributed by atoms with Crippen LogP contribution in [-0.4, -0.2) is 18.2 Å². The predicted molar refractivity (Wildman–Crippen MR) is 58.6 cm³/mol. The average molecular weight is 206 g/mol. The van der Waals surface area contributed by atoms with Crippen LogP contribution in [0.5, 0.6) is 5.75 Å². The Bertz CT molecular complexity index is 382. The van der Waals surface area contributed by atoms with Crippen molar-refractivity contribution in [3.05, 3.63) is 34.9 Å². The van der Waals surface area contributed by atoms with Crippen LogP contribution in [-0.2, 0) is 9.53 Å². The number of rotatable bonds is 2. The van der Waals surface area contributed by atoms with Crippen LogP contribution in [0.2, 0.25) is 0 Å². The molecule has 1 aromatic rings. The van der Waals surface area contributed by atoms with E-state index in [2.05, 4.69) is 4.74 Å². The number of esters is 1. The number of carbonyl (C=O) groups is 1. The van der Waals surface area contributed by atoms with Gasteiger partial charge in [0, 0.05) is 6.08 Å². The lowest BCUT2D eigenvalue weighted by Gasteiger charge is -2.05. The van der Waals surface area contributed by atoms with E-state index in [0.29, 0.717) is 0 Å². The molecule has 0 aliphatic heterocycles. The zero-order valence-electron chi connectivity index (χ0n) is 9.07. The molecule has 3 heteroatoms. The fourth-order valence-corrected chi connectivity index (χ4v) is 1.43. The van der Waals surface area contributed by atoms with Crippen LogP contribution in [0.1, 0.15) is 16.7 Å². The Kier molecular flexibility index (Phi) is 3.50. The van der Waals surface area contributed by atoms with Gasteiger partial charge >= 0.3 is 5.97 Å². The van der Waals surface area contributed by atoms with Gasteiger partial charge in [0.2, 0.25) is 0 Å². The smallest absolute Gasteiger partial charge is 0.330 e. The first kappa shape index (κ1) is 11.3. The number of hydrogen-bond acceptors (Lipinski definition) is 3. The molecule has 0 aliphatic rings. The SMILES string of the molecule is COC(=O)C=Cc1c(C)cc(O)cc1C. The molecular weight excluding hydrogens is 192 g/mol. The van der Waals surface area contributed by atoms with Crippen molar-refractivity contribution in [2.75, 3.05) is 7.11 Å². The summed E-state index contributed by atoms with van der Waals surface area (Å²) >= 11 is 0. The number of carbonyl (C=O) groups excluding carboxylic acids is 1. The number of hydrogen-bond donors (Lipinski definition) is 1. The van der Waals surface area contributed by atoms with Crippen LogP contribution in [0.25, 0.3) is 6.08 Å². The van der Waals surface area contributed by atoms with Gasteiger partial charge in [-0.05, 0) is 48.7 Å². The fourth-order valence-electron chi connectivity index (χ4n) is 1.43. The Morgan fingerprint density at radius 1 is 1.33 bits per heavy atom. The molecule has 0 saturated carbocycles. The van der Waals surface area contributed by atoms with Crippen molar-refractivity contribution in [3.63, 3.8) is 0 Å². The van der Waals surface area contributed by atoms with Gasteiger partial charge in [-0.1, -0.05) is 0 Å². The molecule has 0 fully saturated rings. The average Bonchev–Trinajstić information content (AvgIpc) is 2.15. The molecule has 0 atom stereocenters. The van der Waals surface area contributed by atoms with Crippen molar-refractivity contribution in [2.45, 2.75) is 13.8 Å². The molecule has 0 aliphatic carbocycles. The lowest BCUT2D eigenvalue weighted by Crippen LogP contribution is -1.94. The van der Waals surface area contributed by atoms with E-state index in [9.17, 15) is 9.90 Å². The van der Waals surface area contributed by atoms with E-state index >= 15 is 0 Å². The highest BCUT2D eigenvalue weighted by Crippen LogP contribution is 2.21. The number of aryl methyl sites for hydroxylation is 2. The van der Waals surface area contributed by atoms with Crippen LogP contribution in [0.4, 0.5) is 0 Å². The first-order chi connectivity index (χ1) is 7.04. The lowest BCUT2D eigenvalue weighted by molar-refractivity contribution is -0.134. The number of aromatic hydroxyl groups is 1. The molecule has 0 spiro atoms. The summed E-state index contributed by atoms with van der Waals surface area (Å²) in [6.45, 7) is 3.76. The topological polar surface area (TPSA) is 46.5 Å². The second kappa shape index (κ2) is 4.64. The highest BCUT2D eigenvalue weighted by Gasteiger charge is 2.02. The third kappa shape index (κ3) is 2.84. The van der Waals surface area contributed by atoms with E-state index in [1.807, 2.05) is 13.8 Å². The van der Waals surface area contributed by atoms with E-state index < -0.39 is 0 Å². The summed E-state index contributed by atoms with van der Waals surface area (Å²) in [5, 5.41) is 9.33. The van der Waals surface area contributed by atoms with Gasteiger partial charge in [0.25, 0.3) is 0 Å². The van der Waals surface area contributed by atoms with Crippen molar-refractivity contribution in [1.82, 2.24) is 0 Å². The maximum atomic E-state index is 10.9. The standard InChI is InChI=1S/C12H14O3/c1-8-6-10(13)7-9(2)11(8)4-5-12(14)15-3/h4-7,13H,1-3H3. The van der Waals surface area contributed by atoms with Crippen molar-refractivity contribution in [1.29, 1.82) is 0 Å². The molecule has 15 heavy (non-hydrogen) atoms. The first-order valence-electron chi connectivity index (χ1n) is 4.61. The quantitative estimate of drug-likeness (QED) is 0.596. The largest absolute Gasteiger partial charge is 0.508 e. The Labute approximate surface area is 89.0 Å². The second-order valence-electron chi connectivity index (χ2n) is 3.35. The molecule has 0 amide bonds. The lowest BCUT2D eigenvalue weighted by atomic mass is 10.0. The number of benzene rings is 1. The van der Waals surface area contributed by atoms with Crippen molar-refractivity contribution < 1.29 is 14.6 Å². The maximum Gasteiger partial charge on any atom is 0.330 e. The van der Waals surface area contributed by atoms with Gasteiger partial charge in [-0.3, -0.25) is 0 Å². The van der Waals surface area contributed by atoms with Gasteiger partial charge in [0.05, 0.1) is 7.11 Å². The van der Waals surface area contributed by atoms with Crippen molar-refractivity contribution in [2.24, 2.45) is 0 Å². The Morgan fingerprint density at radius 2 is 1.87 bits per heavy atom. The van der Waals surface area contributed by atoms with Crippen LogP contribution in [0.15, 0.2) is 18.2 Å². The Balaban J connectivity index is 3.05. The first-order valence-corrected chi connectivity index (χ1v) is 4.61. The molecule has 0 unspecified atom stereocenters. The summed E-state index contributed by atoms with van der Waals surface area (Å²) in [6, 6.07) is 3.31. The van der Waals surface area contributed by atoms with Gasteiger partial charge < -0.3 is 9.84 Å². The molecule has 0 heterocycles. The van der Waals surface area contributed by atoms with Gasteiger partial charge in [0.1, 0.15) is 5.75 Å². The van der Waals surface area contributed by atoms with Gasteiger partial charge in [-0.15, -0.1) is 0 Å². The Hall–Kier alpha value is -1.77. The number of methoxy groups -OCH3 is 1. The van der Waals surface area contributed by atoms with E-state index in [1.165, 1.54) is 13.2 Å². The molecule has 1 aromatic carbocycles. The fraction of sp³-hybridized carbons (Fsp3) is 0.250. The molecule has 0 saturated heterocycles. The van der Waals surface area contributed by atoms with Gasteiger partial charge in [-0.25, -0.2) is 4.79 Å². The molecule has 0 aromatic heterocycles. The van der Waals surface area contributed by atoms with Crippen molar-refractivity contribution in [3.8, 4) is 5.75 Å². The molecule has 80 valence electrons. The molecule has 1 rings (SSSR count). The monoisotopic (exact) mass is 206 g/mol. The molecule has 3 nitrogen and oxygen atoms in total. The minimum absolute atomic E-state index is 0.236. The highest BCUT2D eigenvalue weighted by molar-refractivity contribution is 5.87. The number of ether oxygens (including phenoxy) is 1. The summed E-state index contributed by atoms with van der Waals surface area (Å²) in [5.74, 6) is -0.151. The Morgan fingerprint density at radius 3 is 2.33 bits per heavy atom. The third-order valence-electron chi connectivity index (χ3n) is 2.17. The predicted octanol–water partition coefficient (Wildman–Crippen LogP) is 2.20. The number of phenols is 1. The molecular formula is C12H14O3. The molecule has 1 N–H and O–H groups in total. The van der Waals surface area contributed by atoms with Crippen LogP contribution in [0.3, 0.4) is 0 Å². The summed E-state index contributed by atoms with van der Waals surface area (Å²) in [4.78, 5) is 10.9. The molecule has 0 radical (unpaired) electrons. The third-order valence-corrected chi connectivity index (χ3v) is 2.17. The van der Waals surface area contributed by atoms with Crippen LogP contribution >= 0.6 is 0 Å². The van der Waals surface area contributed by atoms with E-state index in [1.54, 1.807) is 18.2 Å². The van der Waals surface area contributed by atoms with Crippen LogP contribution < -0.4 is 0 Å². The van der Waals surface area contributed by atoms with Gasteiger partial charge in [0.15, 0.2) is 0 Å². The zero-order valence-corrected chi connectivity index (χ0v) is 9.07. The second-order valence-corrected chi connectivity index (χ2v) is 3.35.